The third-order valence-electron chi connectivity index (χ3n) is 2.44. The normalized spacial score (nSPS) is 10.3. The summed E-state index contributed by atoms with van der Waals surface area (Å²) in [6, 6.07) is 6.53. The summed E-state index contributed by atoms with van der Waals surface area (Å²) in [7, 11) is 0. The minimum absolute atomic E-state index is 0.0707. The number of rotatable bonds is 3. The van der Waals surface area contributed by atoms with E-state index in [4.69, 9.17) is 11.6 Å². The van der Waals surface area contributed by atoms with Crippen molar-refractivity contribution in [2.45, 2.75) is 6.54 Å². The summed E-state index contributed by atoms with van der Waals surface area (Å²) in [5.74, 6) is -2.31. The topological polar surface area (TPSA) is 42.0 Å². The summed E-state index contributed by atoms with van der Waals surface area (Å²) in [4.78, 5) is 15.6. The van der Waals surface area contributed by atoms with Crippen molar-refractivity contribution in [3.8, 4) is 0 Å². The van der Waals surface area contributed by atoms with Gasteiger partial charge in [-0.1, -0.05) is 17.7 Å². The van der Waals surface area contributed by atoms with E-state index in [1.807, 2.05) is 0 Å². The maximum absolute atomic E-state index is 13.0. The van der Waals surface area contributed by atoms with Crippen LogP contribution in [0.1, 0.15) is 15.9 Å². The van der Waals surface area contributed by atoms with Gasteiger partial charge < -0.3 is 5.32 Å². The molecule has 0 unspecified atom stereocenters. The van der Waals surface area contributed by atoms with Crippen LogP contribution in [-0.4, -0.2) is 10.9 Å². The predicted octanol–water partition coefficient (Wildman–Crippen LogP) is 2.94. The third-order valence-corrected chi connectivity index (χ3v) is 2.74. The first kappa shape index (κ1) is 13.4. The highest BCUT2D eigenvalue weighted by Gasteiger charge is 2.10. The molecular formula is C13H9ClF2N2O. The fourth-order valence-electron chi connectivity index (χ4n) is 1.48. The molecule has 3 nitrogen and oxygen atoms in total. The molecule has 1 aromatic carbocycles. The lowest BCUT2D eigenvalue weighted by atomic mass is 10.2. The van der Waals surface area contributed by atoms with Gasteiger partial charge in [-0.2, -0.15) is 0 Å². The third kappa shape index (κ3) is 3.26. The van der Waals surface area contributed by atoms with E-state index in [1.54, 1.807) is 6.07 Å². The zero-order valence-corrected chi connectivity index (χ0v) is 10.4. The Kier molecular flexibility index (Phi) is 4.06. The van der Waals surface area contributed by atoms with Crippen molar-refractivity contribution < 1.29 is 13.6 Å². The predicted molar refractivity (Wildman–Crippen MR) is 66.8 cm³/mol. The average Bonchev–Trinajstić information content (AvgIpc) is 2.40. The SMILES string of the molecule is O=C(NCc1ccc(F)c(F)c1)c1cccnc1Cl. The number of carbonyl (C=O) groups is 1. The fraction of sp³-hybridized carbons (Fsp3) is 0.0769. The van der Waals surface area contributed by atoms with Gasteiger partial charge in [0.15, 0.2) is 11.6 Å². The Labute approximate surface area is 113 Å². The number of nitrogens with zero attached hydrogens (tertiary/aromatic N) is 1. The van der Waals surface area contributed by atoms with Crippen LogP contribution in [0.5, 0.6) is 0 Å². The summed E-state index contributed by atoms with van der Waals surface area (Å²) in [6.45, 7) is 0.0707. The largest absolute Gasteiger partial charge is 0.348 e. The van der Waals surface area contributed by atoms with E-state index < -0.39 is 17.5 Å². The van der Waals surface area contributed by atoms with Crippen LogP contribution < -0.4 is 5.32 Å². The lowest BCUT2D eigenvalue weighted by Crippen LogP contribution is -2.23. The molecule has 1 aromatic heterocycles. The summed E-state index contributed by atoms with van der Waals surface area (Å²) in [5, 5.41) is 2.64. The molecule has 0 spiro atoms. The standard InChI is InChI=1S/C13H9ClF2N2O/c14-12-9(2-1-5-17-12)13(19)18-7-8-3-4-10(15)11(16)6-8/h1-6H,7H2,(H,18,19). The quantitative estimate of drug-likeness (QED) is 0.880. The van der Waals surface area contributed by atoms with E-state index in [0.717, 1.165) is 12.1 Å². The van der Waals surface area contributed by atoms with Gasteiger partial charge in [0.05, 0.1) is 5.56 Å². The number of pyridine rings is 1. The Morgan fingerprint density at radius 1 is 1.26 bits per heavy atom. The molecule has 0 bridgehead atoms. The molecule has 0 saturated heterocycles. The van der Waals surface area contributed by atoms with Crippen molar-refractivity contribution in [3.05, 3.63) is 64.4 Å². The van der Waals surface area contributed by atoms with E-state index in [2.05, 4.69) is 10.3 Å². The minimum atomic E-state index is -0.953. The zero-order chi connectivity index (χ0) is 13.8. The first-order valence-electron chi connectivity index (χ1n) is 5.40. The van der Waals surface area contributed by atoms with E-state index >= 15 is 0 Å². The molecule has 98 valence electrons. The molecule has 0 fully saturated rings. The Morgan fingerprint density at radius 3 is 2.74 bits per heavy atom. The lowest BCUT2D eigenvalue weighted by Gasteiger charge is -2.06. The van der Waals surface area contributed by atoms with Crippen molar-refractivity contribution in [1.29, 1.82) is 0 Å². The summed E-state index contributed by atoms with van der Waals surface area (Å²) < 4.78 is 25.7. The van der Waals surface area contributed by atoms with E-state index in [-0.39, 0.29) is 17.3 Å². The number of benzene rings is 1. The smallest absolute Gasteiger partial charge is 0.254 e. The molecule has 1 amide bonds. The Bertz CT molecular complexity index is 619. The highest BCUT2D eigenvalue weighted by atomic mass is 35.5. The molecule has 0 aliphatic carbocycles. The number of halogens is 3. The molecule has 0 radical (unpaired) electrons. The van der Waals surface area contributed by atoms with Crippen molar-refractivity contribution >= 4 is 17.5 Å². The molecule has 1 heterocycles. The summed E-state index contributed by atoms with van der Waals surface area (Å²) >= 11 is 5.77. The van der Waals surface area contributed by atoms with Gasteiger partial charge in [-0.25, -0.2) is 13.8 Å². The lowest BCUT2D eigenvalue weighted by molar-refractivity contribution is 0.0950. The molecule has 1 N–H and O–H groups in total. The molecule has 0 aliphatic heterocycles. The Hall–Kier alpha value is -2.01. The Balaban J connectivity index is 2.04. The number of aromatic nitrogens is 1. The second-order valence-electron chi connectivity index (χ2n) is 3.77. The Morgan fingerprint density at radius 2 is 2.05 bits per heavy atom. The van der Waals surface area contributed by atoms with E-state index in [0.29, 0.717) is 5.56 Å². The zero-order valence-electron chi connectivity index (χ0n) is 9.66. The van der Waals surface area contributed by atoms with Gasteiger partial charge in [0.2, 0.25) is 0 Å². The number of amides is 1. The minimum Gasteiger partial charge on any atom is -0.348 e. The first-order valence-corrected chi connectivity index (χ1v) is 5.78. The van der Waals surface area contributed by atoms with Crippen LogP contribution >= 0.6 is 11.6 Å². The summed E-state index contributed by atoms with van der Waals surface area (Å²) in [5.41, 5.74) is 0.680. The second-order valence-corrected chi connectivity index (χ2v) is 4.13. The van der Waals surface area contributed by atoms with E-state index in [1.165, 1.54) is 18.3 Å². The highest BCUT2D eigenvalue weighted by molar-refractivity contribution is 6.32. The monoisotopic (exact) mass is 282 g/mol. The number of carbonyl (C=O) groups excluding carboxylic acids is 1. The van der Waals surface area contributed by atoms with Gasteiger partial charge in [-0.05, 0) is 29.8 Å². The van der Waals surface area contributed by atoms with Gasteiger partial charge >= 0.3 is 0 Å². The number of hydrogen-bond acceptors (Lipinski definition) is 2. The highest BCUT2D eigenvalue weighted by Crippen LogP contribution is 2.12. The molecule has 0 saturated carbocycles. The molecule has 6 heteroatoms. The van der Waals surface area contributed by atoms with Crippen LogP contribution in [0, 0.1) is 11.6 Å². The van der Waals surface area contributed by atoms with E-state index in [9.17, 15) is 13.6 Å². The van der Waals surface area contributed by atoms with Crippen molar-refractivity contribution in [2.24, 2.45) is 0 Å². The van der Waals surface area contributed by atoms with Crippen LogP contribution in [0.4, 0.5) is 8.78 Å². The molecular weight excluding hydrogens is 274 g/mol. The second kappa shape index (κ2) is 5.75. The van der Waals surface area contributed by atoms with Crippen LogP contribution in [0.2, 0.25) is 5.15 Å². The number of hydrogen-bond donors (Lipinski definition) is 1. The van der Waals surface area contributed by atoms with Gasteiger partial charge in [0.25, 0.3) is 5.91 Å². The van der Waals surface area contributed by atoms with Gasteiger partial charge in [0, 0.05) is 12.7 Å². The molecule has 0 atom stereocenters. The first-order chi connectivity index (χ1) is 9.08. The maximum Gasteiger partial charge on any atom is 0.254 e. The molecule has 0 aliphatic rings. The summed E-state index contributed by atoms with van der Waals surface area (Å²) in [6.07, 6.45) is 1.47. The maximum atomic E-state index is 13.0. The van der Waals surface area contributed by atoms with Gasteiger partial charge in [-0.15, -0.1) is 0 Å². The van der Waals surface area contributed by atoms with Crippen molar-refractivity contribution in [3.63, 3.8) is 0 Å². The van der Waals surface area contributed by atoms with Crippen molar-refractivity contribution in [2.75, 3.05) is 0 Å². The fourth-order valence-corrected chi connectivity index (χ4v) is 1.69. The van der Waals surface area contributed by atoms with Crippen LogP contribution in [-0.2, 0) is 6.54 Å². The van der Waals surface area contributed by atoms with Crippen LogP contribution in [0.25, 0.3) is 0 Å². The molecule has 2 rings (SSSR count). The van der Waals surface area contributed by atoms with Crippen molar-refractivity contribution in [1.82, 2.24) is 10.3 Å². The van der Waals surface area contributed by atoms with Crippen LogP contribution in [0.3, 0.4) is 0 Å². The molecule has 19 heavy (non-hydrogen) atoms. The number of nitrogens with one attached hydrogen (secondary N) is 1. The molecule has 2 aromatic rings. The van der Waals surface area contributed by atoms with Gasteiger partial charge in [0.1, 0.15) is 5.15 Å². The van der Waals surface area contributed by atoms with Crippen LogP contribution in [0.15, 0.2) is 36.5 Å². The average molecular weight is 283 g/mol. The van der Waals surface area contributed by atoms with Gasteiger partial charge in [-0.3, -0.25) is 4.79 Å².